The van der Waals surface area contributed by atoms with Crippen molar-refractivity contribution in [2.24, 2.45) is 0 Å². The Morgan fingerprint density at radius 2 is 2.19 bits per heavy atom. The van der Waals surface area contributed by atoms with Crippen LogP contribution in [0.5, 0.6) is 5.88 Å². The van der Waals surface area contributed by atoms with Crippen LogP contribution in [-0.4, -0.2) is 49.3 Å². The maximum Gasteiger partial charge on any atom is 0.320 e. The fourth-order valence-corrected chi connectivity index (χ4v) is 3.32. The third-order valence-electron chi connectivity index (χ3n) is 3.66. The van der Waals surface area contributed by atoms with Crippen molar-refractivity contribution < 1.29 is 18.1 Å². The molecule has 0 bridgehead atoms. The second-order valence-electron chi connectivity index (χ2n) is 5.20. The number of hydrogen-bond acceptors (Lipinski definition) is 6. The lowest BCUT2D eigenvalue weighted by Crippen LogP contribution is -2.25. The van der Waals surface area contributed by atoms with Gasteiger partial charge in [0.15, 0.2) is 5.82 Å². The Hall–Kier alpha value is -3.08. The van der Waals surface area contributed by atoms with Crippen molar-refractivity contribution in [3.63, 3.8) is 0 Å². The van der Waals surface area contributed by atoms with E-state index in [0.29, 0.717) is 27.7 Å². The molecule has 3 rings (SSSR count). The highest BCUT2D eigenvalue weighted by Gasteiger charge is 2.19. The van der Waals surface area contributed by atoms with Crippen LogP contribution >= 0.6 is 0 Å². The lowest BCUT2D eigenvalue weighted by Gasteiger charge is -2.11. The van der Waals surface area contributed by atoms with Crippen LogP contribution in [0.1, 0.15) is 6.92 Å². The first-order valence-corrected chi connectivity index (χ1v) is 9.30. The molecule has 11 heteroatoms. The molecule has 0 aromatic carbocycles. The summed E-state index contributed by atoms with van der Waals surface area (Å²) in [5.41, 5.74) is 0.770. The maximum absolute atomic E-state index is 12.6. The summed E-state index contributed by atoms with van der Waals surface area (Å²) in [6.45, 7) is 0.763. The number of rotatable bonds is 6. The first-order valence-electron chi connectivity index (χ1n) is 7.98. The average Bonchev–Trinajstić information content (AvgIpc) is 3.12. The van der Waals surface area contributed by atoms with E-state index < -0.39 is 23.7 Å². The van der Waals surface area contributed by atoms with E-state index in [1.54, 1.807) is 29.7 Å². The van der Waals surface area contributed by atoms with Crippen LogP contribution in [0.25, 0.3) is 17.0 Å². The Balaban J connectivity index is 2.17. The molecule has 0 saturated carbocycles. The largest absolute Gasteiger partial charge is 0.444 e. The Morgan fingerprint density at radius 1 is 1.37 bits per heavy atom. The highest BCUT2D eigenvalue weighted by Crippen LogP contribution is 2.28. The molecule has 27 heavy (non-hydrogen) atoms. The molecule has 3 heterocycles. The molecular formula is C16H17FN6O3S. The number of fused-ring (bicyclic) bond motifs is 1. The van der Waals surface area contributed by atoms with Gasteiger partial charge < -0.3 is 10.1 Å². The molecule has 0 aliphatic rings. The van der Waals surface area contributed by atoms with Gasteiger partial charge in [-0.25, -0.2) is 24.1 Å². The van der Waals surface area contributed by atoms with Crippen LogP contribution in [0.2, 0.25) is 0 Å². The van der Waals surface area contributed by atoms with Gasteiger partial charge in [0.2, 0.25) is 12.7 Å². The number of halogens is 1. The molecule has 2 N–H and O–H groups in total. The maximum atomic E-state index is 12.6. The molecule has 2 amide bonds. The Kier molecular flexibility index (Phi) is 5.60. The lowest BCUT2D eigenvalue weighted by atomic mass is 10.3. The number of urea groups is 1. The van der Waals surface area contributed by atoms with Crippen molar-refractivity contribution in [1.29, 1.82) is 0 Å². The summed E-state index contributed by atoms with van der Waals surface area (Å²) in [4.78, 5) is 24.8. The van der Waals surface area contributed by atoms with E-state index in [9.17, 15) is 13.4 Å². The number of ether oxygens (including phenoxy) is 1. The van der Waals surface area contributed by atoms with E-state index >= 15 is 0 Å². The van der Waals surface area contributed by atoms with Crippen molar-refractivity contribution in [2.45, 2.75) is 11.8 Å². The fourth-order valence-electron chi connectivity index (χ4n) is 2.44. The van der Waals surface area contributed by atoms with Gasteiger partial charge in [-0.1, -0.05) is 6.92 Å². The third kappa shape index (κ3) is 3.72. The normalized spacial score (nSPS) is 12.0. The molecule has 3 aromatic heterocycles. The zero-order valence-electron chi connectivity index (χ0n) is 14.6. The van der Waals surface area contributed by atoms with Crippen molar-refractivity contribution in [3.8, 4) is 17.4 Å². The number of carbonyl (C=O) groups is 1. The van der Waals surface area contributed by atoms with E-state index in [-0.39, 0.29) is 11.7 Å². The zero-order chi connectivity index (χ0) is 19.4. The topological polar surface area (TPSA) is 111 Å². The number of pyridine rings is 1. The van der Waals surface area contributed by atoms with E-state index in [0.717, 1.165) is 0 Å². The van der Waals surface area contributed by atoms with Gasteiger partial charge in [0.1, 0.15) is 17.0 Å². The van der Waals surface area contributed by atoms with Gasteiger partial charge in [-0.15, -0.1) is 0 Å². The summed E-state index contributed by atoms with van der Waals surface area (Å²) in [7, 11) is 0.172. The second-order valence-corrected chi connectivity index (χ2v) is 6.91. The third-order valence-corrected chi connectivity index (χ3v) is 5.01. The number of imidazole rings is 1. The average molecular weight is 392 g/mol. The number of amides is 2. The molecule has 9 nitrogen and oxygen atoms in total. The van der Waals surface area contributed by atoms with E-state index in [2.05, 4.69) is 25.6 Å². The molecule has 0 radical (unpaired) electrons. The zero-order valence-corrected chi connectivity index (χ0v) is 15.4. The molecule has 142 valence electrons. The molecule has 0 saturated heterocycles. The number of hydrogen-bond donors (Lipinski definition) is 2. The van der Waals surface area contributed by atoms with Crippen molar-refractivity contribution in [2.75, 3.05) is 25.0 Å². The Bertz CT molecular complexity index is 1010. The minimum absolute atomic E-state index is 0.0801. The Morgan fingerprint density at radius 3 is 2.89 bits per heavy atom. The molecule has 0 fully saturated rings. The van der Waals surface area contributed by atoms with Crippen molar-refractivity contribution in [1.82, 2.24) is 24.7 Å². The quantitative estimate of drug-likeness (QED) is 0.664. The minimum Gasteiger partial charge on any atom is -0.444 e. The number of nitrogens with zero attached hydrogens (tertiary/aromatic N) is 4. The highest BCUT2D eigenvalue weighted by molar-refractivity contribution is 7.85. The van der Waals surface area contributed by atoms with Crippen molar-refractivity contribution in [3.05, 3.63) is 30.7 Å². The molecule has 3 aromatic rings. The van der Waals surface area contributed by atoms with Crippen LogP contribution in [0.15, 0.2) is 35.6 Å². The first kappa shape index (κ1) is 18.7. The molecule has 1 unspecified atom stereocenters. The summed E-state index contributed by atoms with van der Waals surface area (Å²) < 4.78 is 31.5. The van der Waals surface area contributed by atoms with Crippen LogP contribution < -0.4 is 15.4 Å². The standard InChI is InChI=1S/C16H17FN6O3S/c1-3-27(25)11-4-5-12(22-16(24)18-2)21-13(11)14-20-8-10-15(26-9-17)19-6-7-23(10)14/h4-8H,3,9H2,1-2H3,(H2,18,21,22,24). The predicted octanol–water partition coefficient (Wildman–Crippen LogP) is 1.98. The van der Waals surface area contributed by atoms with Crippen LogP contribution in [0.4, 0.5) is 15.0 Å². The molecular weight excluding hydrogens is 375 g/mol. The number of aromatic nitrogens is 4. The molecule has 0 aliphatic heterocycles. The first-order chi connectivity index (χ1) is 13.1. The lowest BCUT2D eigenvalue weighted by molar-refractivity contribution is 0.186. The number of nitrogens with one attached hydrogen (secondary N) is 2. The van der Waals surface area contributed by atoms with Gasteiger partial charge in [-0.2, -0.15) is 0 Å². The van der Waals surface area contributed by atoms with Gasteiger partial charge in [0.25, 0.3) is 0 Å². The van der Waals surface area contributed by atoms with Crippen LogP contribution in [0, 0.1) is 0 Å². The monoisotopic (exact) mass is 392 g/mol. The fraction of sp³-hybridized carbons (Fsp3) is 0.250. The molecule has 0 aliphatic carbocycles. The van der Waals surface area contributed by atoms with E-state index in [1.165, 1.54) is 19.4 Å². The molecule has 1 atom stereocenters. The smallest absolute Gasteiger partial charge is 0.320 e. The van der Waals surface area contributed by atoms with E-state index in [4.69, 9.17) is 4.74 Å². The SMILES string of the molecule is CCS(=O)c1ccc(NC(=O)NC)nc1-c1ncc2c(OCF)nccn12. The van der Waals surface area contributed by atoms with Crippen LogP contribution in [-0.2, 0) is 10.8 Å². The molecule has 0 spiro atoms. The number of anilines is 1. The van der Waals surface area contributed by atoms with Gasteiger partial charge in [0, 0.05) is 25.2 Å². The van der Waals surface area contributed by atoms with E-state index in [1.807, 2.05) is 0 Å². The van der Waals surface area contributed by atoms with Gasteiger partial charge in [-0.05, 0) is 12.1 Å². The van der Waals surface area contributed by atoms with Gasteiger partial charge >= 0.3 is 6.03 Å². The summed E-state index contributed by atoms with van der Waals surface area (Å²) >= 11 is 0. The minimum atomic E-state index is -1.31. The van der Waals surface area contributed by atoms with Crippen molar-refractivity contribution >= 4 is 28.2 Å². The Labute approximate surface area is 156 Å². The summed E-state index contributed by atoms with van der Waals surface area (Å²) in [6, 6.07) is 2.76. The summed E-state index contributed by atoms with van der Waals surface area (Å²) in [5, 5.41) is 5.01. The second kappa shape index (κ2) is 8.08. The predicted molar refractivity (Wildman–Crippen MR) is 97.8 cm³/mol. The number of carbonyl (C=O) groups excluding carboxylic acids is 1. The number of alkyl halides is 1. The van der Waals surface area contributed by atoms with Crippen LogP contribution in [0.3, 0.4) is 0 Å². The van der Waals surface area contributed by atoms with Gasteiger partial charge in [-0.3, -0.25) is 13.9 Å². The highest BCUT2D eigenvalue weighted by atomic mass is 32.2. The summed E-state index contributed by atoms with van der Waals surface area (Å²) in [6.07, 6.45) is 4.51. The summed E-state index contributed by atoms with van der Waals surface area (Å²) in [5.74, 6) is 1.11. The van der Waals surface area contributed by atoms with Gasteiger partial charge in [0.05, 0.1) is 21.9 Å².